The second-order valence-electron chi connectivity index (χ2n) is 6.46. The zero-order valence-corrected chi connectivity index (χ0v) is 15.8. The zero-order valence-electron chi connectivity index (χ0n) is 15.8. The molecule has 2 fully saturated rings. The Morgan fingerprint density at radius 3 is 2.18 bits per heavy atom. The Morgan fingerprint density at radius 2 is 1.68 bits per heavy atom. The smallest absolute Gasteiger partial charge is 0.0641 e. The van der Waals surface area contributed by atoms with Gasteiger partial charge in [0.25, 0.3) is 0 Å². The fourth-order valence-corrected chi connectivity index (χ4v) is 3.47. The van der Waals surface area contributed by atoms with Crippen LogP contribution in [-0.4, -0.2) is 38.3 Å². The number of likely N-dealkylation sites (tertiary alicyclic amines) is 1. The monoisotopic (exact) mass is 311 g/mol. The number of piperidine rings is 1. The molecule has 2 unspecified atom stereocenters. The maximum Gasteiger partial charge on any atom is 0.0641 e. The molecule has 0 aromatic heterocycles. The molecule has 1 saturated carbocycles. The molecule has 2 nitrogen and oxygen atoms in total. The molecule has 2 aliphatic rings. The highest BCUT2D eigenvalue weighted by Crippen LogP contribution is 2.32. The number of ether oxygens (including phenoxy) is 1. The summed E-state index contributed by atoms with van der Waals surface area (Å²) < 4.78 is 4.57. The summed E-state index contributed by atoms with van der Waals surface area (Å²) in [7, 11) is 1.64. The molecule has 2 heteroatoms. The van der Waals surface area contributed by atoms with Gasteiger partial charge in [-0.1, -0.05) is 59.0 Å². The highest BCUT2D eigenvalue weighted by atomic mass is 16.5. The maximum absolute atomic E-state index is 4.57. The third kappa shape index (κ3) is 10.4. The van der Waals surface area contributed by atoms with Crippen LogP contribution < -0.4 is 0 Å². The molecular weight excluding hydrogens is 270 g/mol. The van der Waals surface area contributed by atoms with E-state index in [-0.39, 0.29) is 0 Å². The Morgan fingerprint density at radius 1 is 1.05 bits per heavy atom. The van der Waals surface area contributed by atoms with Gasteiger partial charge in [-0.3, -0.25) is 0 Å². The average molecular weight is 312 g/mol. The number of rotatable bonds is 5. The second kappa shape index (κ2) is 15.6. The molecule has 1 aliphatic carbocycles. The fraction of sp³-hybridized carbons (Fsp3) is 0.900. The van der Waals surface area contributed by atoms with Crippen LogP contribution >= 0.6 is 0 Å². The molecule has 1 heterocycles. The summed E-state index contributed by atoms with van der Waals surface area (Å²) in [5.74, 6) is 2.05. The quantitative estimate of drug-likeness (QED) is 0.619. The van der Waals surface area contributed by atoms with Crippen LogP contribution in [0.15, 0.2) is 12.7 Å². The zero-order chi connectivity index (χ0) is 16.6. The maximum atomic E-state index is 4.57. The molecule has 22 heavy (non-hydrogen) atoms. The summed E-state index contributed by atoms with van der Waals surface area (Å²) in [6, 6.07) is 0. The van der Waals surface area contributed by atoms with Crippen molar-refractivity contribution >= 4 is 0 Å². The molecule has 132 valence electrons. The van der Waals surface area contributed by atoms with Crippen LogP contribution in [0.4, 0.5) is 0 Å². The van der Waals surface area contributed by atoms with Crippen LogP contribution in [-0.2, 0) is 4.74 Å². The third-order valence-electron chi connectivity index (χ3n) is 4.84. The van der Waals surface area contributed by atoms with Gasteiger partial charge in [-0.05, 0) is 50.7 Å². The van der Waals surface area contributed by atoms with E-state index in [1.165, 1.54) is 71.0 Å². The van der Waals surface area contributed by atoms with Crippen molar-refractivity contribution < 1.29 is 4.74 Å². The minimum atomic E-state index is 0.653. The van der Waals surface area contributed by atoms with Gasteiger partial charge in [-0.25, -0.2) is 0 Å². The van der Waals surface area contributed by atoms with Gasteiger partial charge < -0.3 is 9.64 Å². The standard InChI is InChI=1S/C14H27N.C4H8O.C2H6/c1-13-7-3-4-8-14(13)9-12-15-10-5-2-6-11-15;1-3-4-5-2;1-2/h13-14H,2-12H2,1H3;3H,1,4H2,2H3;1-2H3. The lowest BCUT2D eigenvalue weighted by molar-refractivity contribution is 0.176. The molecule has 2 atom stereocenters. The number of methoxy groups -OCH3 is 1. The molecule has 1 aliphatic heterocycles. The largest absolute Gasteiger partial charge is 0.381 e. The number of hydrogen-bond donors (Lipinski definition) is 0. The SMILES string of the molecule is C=CCOC.CC.CC1CCCCC1CCN1CCCCC1. The lowest BCUT2D eigenvalue weighted by Gasteiger charge is -2.32. The Labute approximate surface area is 140 Å². The van der Waals surface area contributed by atoms with E-state index in [4.69, 9.17) is 0 Å². The van der Waals surface area contributed by atoms with Crippen LogP contribution in [0.5, 0.6) is 0 Å². The summed E-state index contributed by atoms with van der Waals surface area (Å²) in [6.45, 7) is 14.7. The molecule has 1 saturated heterocycles. The van der Waals surface area contributed by atoms with Crippen molar-refractivity contribution in [3.8, 4) is 0 Å². The van der Waals surface area contributed by atoms with Gasteiger partial charge in [-0.15, -0.1) is 6.58 Å². The first kappa shape index (κ1) is 21.7. The summed E-state index contributed by atoms with van der Waals surface area (Å²) in [5, 5.41) is 0. The summed E-state index contributed by atoms with van der Waals surface area (Å²) >= 11 is 0. The molecular formula is C20H41NO. The minimum Gasteiger partial charge on any atom is -0.381 e. The third-order valence-corrected chi connectivity index (χ3v) is 4.84. The van der Waals surface area contributed by atoms with Crippen LogP contribution in [0, 0.1) is 11.8 Å². The van der Waals surface area contributed by atoms with Gasteiger partial charge in [0.15, 0.2) is 0 Å². The van der Waals surface area contributed by atoms with Gasteiger partial charge in [0.1, 0.15) is 0 Å². The predicted octanol–water partition coefficient (Wildman–Crippen LogP) is 5.53. The van der Waals surface area contributed by atoms with Gasteiger partial charge in [0, 0.05) is 7.11 Å². The minimum absolute atomic E-state index is 0.653. The first-order valence-corrected chi connectivity index (χ1v) is 9.60. The van der Waals surface area contributed by atoms with Crippen molar-refractivity contribution in [3.05, 3.63) is 12.7 Å². The van der Waals surface area contributed by atoms with E-state index in [1.54, 1.807) is 13.2 Å². The molecule has 2 rings (SSSR count). The molecule has 0 amide bonds. The molecule has 0 radical (unpaired) electrons. The first-order valence-electron chi connectivity index (χ1n) is 9.60. The van der Waals surface area contributed by atoms with Crippen molar-refractivity contribution in [2.75, 3.05) is 33.4 Å². The van der Waals surface area contributed by atoms with Crippen molar-refractivity contribution in [2.24, 2.45) is 11.8 Å². The van der Waals surface area contributed by atoms with Crippen molar-refractivity contribution in [1.82, 2.24) is 4.90 Å². The lowest BCUT2D eigenvalue weighted by Crippen LogP contribution is -2.32. The van der Waals surface area contributed by atoms with Crippen LogP contribution in [0.3, 0.4) is 0 Å². The Hall–Kier alpha value is -0.340. The summed E-state index contributed by atoms with van der Waals surface area (Å²) in [5.41, 5.74) is 0. The van der Waals surface area contributed by atoms with Crippen LogP contribution in [0.2, 0.25) is 0 Å². The summed E-state index contributed by atoms with van der Waals surface area (Å²) in [4.78, 5) is 2.70. The normalized spacial score (nSPS) is 25.3. The Bertz CT molecular complexity index is 236. The molecule has 0 aromatic rings. The van der Waals surface area contributed by atoms with E-state index in [0.29, 0.717) is 6.61 Å². The van der Waals surface area contributed by atoms with E-state index in [2.05, 4.69) is 23.1 Å². The molecule has 0 bridgehead atoms. The highest BCUT2D eigenvalue weighted by molar-refractivity contribution is 4.74. The van der Waals surface area contributed by atoms with E-state index in [0.717, 1.165) is 11.8 Å². The Balaban J connectivity index is 0.000000540. The average Bonchev–Trinajstić information content (AvgIpc) is 2.58. The molecule has 0 spiro atoms. The van der Waals surface area contributed by atoms with E-state index in [9.17, 15) is 0 Å². The number of nitrogens with zero attached hydrogens (tertiary/aromatic N) is 1. The summed E-state index contributed by atoms with van der Waals surface area (Å²) in [6.07, 6.45) is 13.5. The van der Waals surface area contributed by atoms with Crippen molar-refractivity contribution in [3.63, 3.8) is 0 Å². The topological polar surface area (TPSA) is 12.5 Å². The molecule has 0 aromatic carbocycles. The van der Waals surface area contributed by atoms with Gasteiger partial charge in [0.05, 0.1) is 6.61 Å². The van der Waals surface area contributed by atoms with Gasteiger partial charge in [-0.2, -0.15) is 0 Å². The Kier molecular flexibility index (Phi) is 15.3. The fourth-order valence-electron chi connectivity index (χ4n) is 3.47. The molecule has 0 N–H and O–H groups in total. The van der Waals surface area contributed by atoms with Crippen molar-refractivity contribution in [2.45, 2.75) is 72.1 Å². The van der Waals surface area contributed by atoms with E-state index >= 15 is 0 Å². The van der Waals surface area contributed by atoms with E-state index < -0.39 is 0 Å². The predicted molar refractivity (Wildman–Crippen MR) is 99.5 cm³/mol. The van der Waals surface area contributed by atoms with Crippen LogP contribution in [0.1, 0.15) is 72.1 Å². The van der Waals surface area contributed by atoms with Crippen LogP contribution in [0.25, 0.3) is 0 Å². The first-order chi connectivity index (χ1) is 10.8. The highest BCUT2D eigenvalue weighted by Gasteiger charge is 2.21. The van der Waals surface area contributed by atoms with Crippen molar-refractivity contribution in [1.29, 1.82) is 0 Å². The second-order valence-corrected chi connectivity index (χ2v) is 6.46. The van der Waals surface area contributed by atoms with Gasteiger partial charge in [0.2, 0.25) is 0 Å². The lowest BCUT2D eigenvalue weighted by atomic mass is 9.78. The van der Waals surface area contributed by atoms with Gasteiger partial charge >= 0.3 is 0 Å². The number of hydrogen-bond acceptors (Lipinski definition) is 2. The van der Waals surface area contributed by atoms with E-state index in [1.807, 2.05) is 13.8 Å².